The van der Waals surface area contributed by atoms with Crippen LogP contribution >= 0.6 is 11.6 Å². The van der Waals surface area contributed by atoms with Crippen LogP contribution in [0.1, 0.15) is 27.0 Å². The van der Waals surface area contributed by atoms with Gasteiger partial charge in [-0.3, -0.25) is 0 Å². The molecule has 0 amide bonds. The maximum Gasteiger partial charge on any atom is 0.338 e. The lowest BCUT2D eigenvalue weighted by Crippen LogP contribution is -2.08. The van der Waals surface area contributed by atoms with E-state index in [9.17, 15) is 4.79 Å². The van der Waals surface area contributed by atoms with Crippen LogP contribution in [0.15, 0.2) is 36.4 Å². The monoisotopic (exact) mass is 339 g/mol. The first kappa shape index (κ1) is 16.5. The molecule has 2 aromatic carbocycles. The van der Waals surface area contributed by atoms with Gasteiger partial charge in [0.2, 0.25) is 0 Å². The van der Waals surface area contributed by atoms with Crippen molar-refractivity contribution in [3.05, 3.63) is 63.7 Å². The van der Waals surface area contributed by atoms with Crippen LogP contribution in [-0.2, 0) is 4.74 Å². The third-order valence-corrected chi connectivity index (χ3v) is 4.39. The molecule has 0 unspecified atom stereocenters. The number of carbonyl (C=O) groups is 1. The fourth-order valence-corrected chi connectivity index (χ4v) is 3.29. The highest BCUT2D eigenvalue weighted by Crippen LogP contribution is 2.33. The standard InChI is InChI=1S/C20H18ClNO2/c1-11-8-12(2)18-16(9-11)17(20(23)24-4)13(3)19(22-18)14-6-5-7-15(21)10-14/h5-10H,1-4H3. The zero-order chi connectivity index (χ0) is 17.4. The molecular weight excluding hydrogens is 322 g/mol. The highest BCUT2D eigenvalue weighted by atomic mass is 35.5. The lowest BCUT2D eigenvalue weighted by Gasteiger charge is -2.15. The molecule has 4 heteroatoms. The predicted molar refractivity (Wildman–Crippen MR) is 97.7 cm³/mol. The summed E-state index contributed by atoms with van der Waals surface area (Å²) in [6, 6.07) is 11.5. The number of esters is 1. The number of nitrogens with zero attached hydrogens (tertiary/aromatic N) is 1. The number of carbonyl (C=O) groups excluding carboxylic acids is 1. The lowest BCUT2D eigenvalue weighted by atomic mass is 9.95. The molecule has 1 aromatic heterocycles. The van der Waals surface area contributed by atoms with Crippen molar-refractivity contribution in [1.82, 2.24) is 4.98 Å². The smallest absolute Gasteiger partial charge is 0.338 e. The van der Waals surface area contributed by atoms with Gasteiger partial charge in [-0.2, -0.15) is 0 Å². The minimum atomic E-state index is -0.354. The fraction of sp³-hybridized carbons (Fsp3) is 0.200. The van der Waals surface area contributed by atoms with Gasteiger partial charge in [-0.25, -0.2) is 9.78 Å². The van der Waals surface area contributed by atoms with Crippen molar-refractivity contribution in [3.63, 3.8) is 0 Å². The molecule has 0 aliphatic carbocycles. The van der Waals surface area contributed by atoms with Crippen molar-refractivity contribution >= 4 is 28.5 Å². The molecule has 0 radical (unpaired) electrons. The van der Waals surface area contributed by atoms with Crippen LogP contribution in [0.25, 0.3) is 22.2 Å². The number of halogens is 1. The molecule has 3 nitrogen and oxygen atoms in total. The number of rotatable bonds is 2. The number of aryl methyl sites for hydroxylation is 2. The molecule has 0 atom stereocenters. The van der Waals surface area contributed by atoms with Gasteiger partial charge >= 0.3 is 5.97 Å². The Morgan fingerprint density at radius 3 is 2.54 bits per heavy atom. The summed E-state index contributed by atoms with van der Waals surface area (Å²) in [7, 11) is 1.40. The van der Waals surface area contributed by atoms with Crippen molar-refractivity contribution in [2.24, 2.45) is 0 Å². The summed E-state index contributed by atoms with van der Waals surface area (Å²) < 4.78 is 5.03. The summed E-state index contributed by atoms with van der Waals surface area (Å²) in [5.41, 5.74) is 5.90. The van der Waals surface area contributed by atoms with E-state index in [2.05, 4.69) is 6.07 Å². The molecule has 0 aliphatic heterocycles. The van der Waals surface area contributed by atoms with Gasteiger partial charge in [0.05, 0.1) is 23.9 Å². The highest BCUT2D eigenvalue weighted by Gasteiger charge is 2.20. The quantitative estimate of drug-likeness (QED) is 0.597. The average molecular weight is 340 g/mol. The van der Waals surface area contributed by atoms with Gasteiger partial charge in [-0.1, -0.05) is 35.4 Å². The minimum absolute atomic E-state index is 0.354. The Bertz CT molecular complexity index is 964. The van der Waals surface area contributed by atoms with Crippen molar-refractivity contribution < 1.29 is 9.53 Å². The molecule has 0 N–H and O–H groups in total. The zero-order valence-electron chi connectivity index (χ0n) is 14.1. The van der Waals surface area contributed by atoms with E-state index >= 15 is 0 Å². The number of aromatic nitrogens is 1. The number of hydrogen-bond acceptors (Lipinski definition) is 3. The molecule has 1 heterocycles. The summed E-state index contributed by atoms with van der Waals surface area (Å²) in [6.45, 7) is 5.90. The number of benzene rings is 2. The first-order valence-corrected chi connectivity index (χ1v) is 8.06. The van der Waals surface area contributed by atoms with Crippen molar-refractivity contribution in [2.75, 3.05) is 7.11 Å². The van der Waals surface area contributed by atoms with Crippen molar-refractivity contribution in [1.29, 1.82) is 0 Å². The van der Waals surface area contributed by atoms with E-state index in [0.29, 0.717) is 10.6 Å². The van der Waals surface area contributed by atoms with Crippen LogP contribution < -0.4 is 0 Å². The van der Waals surface area contributed by atoms with Gasteiger partial charge in [0.25, 0.3) is 0 Å². The molecule has 0 aliphatic rings. The Balaban J connectivity index is 2.44. The Morgan fingerprint density at radius 2 is 1.88 bits per heavy atom. The van der Waals surface area contributed by atoms with Crippen LogP contribution in [0.4, 0.5) is 0 Å². The lowest BCUT2D eigenvalue weighted by molar-refractivity contribution is 0.0602. The topological polar surface area (TPSA) is 39.2 Å². The molecule has 0 bridgehead atoms. The molecule has 122 valence electrons. The largest absolute Gasteiger partial charge is 0.465 e. The molecule has 0 spiro atoms. The second kappa shape index (κ2) is 6.25. The normalized spacial score (nSPS) is 10.9. The Labute approximate surface area is 146 Å². The summed E-state index contributed by atoms with van der Waals surface area (Å²) in [5, 5.41) is 1.46. The molecule has 0 fully saturated rings. The van der Waals surface area contributed by atoms with Crippen molar-refractivity contribution in [3.8, 4) is 11.3 Å². The van der Waals surface area contributed by atoms with E-state index in [-0.39, 0.29) is 5.97 Å². The van der Waals surface area contributed by atoms with Gasteiger partial charge in [0.15, 0.2) is 0 Å². The van der Waals surface area contributed by atoms with E-state index in [0.717, 1.165) is 38.9 Å². The van der Waals surface area contributed by atoms with E-state index in [1.54, 1.807) is 0 Å². The maximum atomic E-state index is 12.4. The Morgan fingerprint density at radius 1 is 1.12 bits per heavy atom. The Hall–Kier alpha value is -2.39. The summed E-state index contributed by atoms with van der Waals surface area (Å²) in [6.07, 6.45) is 0. The SMILES string of the molecule is COC(=O)c1c(C)c(-c2cccc(Cl)c2)nc2c(C)cc(C)cc12. The third kappa shape index (κ3) is 2.76. The van der Waals surface area contributed by atoms with Crippen LogP contribution in [-0.4, -0.2) is 18.1 Å². The number of pyridine rings is 1. The van der Waals surface area contributed by atoms with E-state index in [1.165, 1.54) is 7.11 Å². The van der Waals surface area contributed by atoms with Gasteiger partial charge < -0.3 is 4.74 Å². The van der Waals surface area contributed by atoms with Crippen LogP contribution in [0, 0.1) is 20.8 Å². The number of ether oxygens (including phenoxy) is 1. The number of hydrogen-bond donors (Lipinski definition) is 0. The fourth-order valence-electron chi connectivity index (χ4n) is 3.10. The van der Waals surface area contributed by atoms with E-state index in [1.807, 2.05) is 51.1 Å². The van der Waals surface area contributed by atoms with Crippen LogP contribution in [0.2, 0.25) is 5.02 Å². The summed E-state index contributed by atoms with van der Waals surface area (Å²) in [5.74, 6) is -0.354. The average Bonchev–Trinajstić information content (AvgIpc) is 2.53. The maximum absolute atomic E-state index is 12.4. The molecule has 3 aromatic rings. The van der Waals surface area contributed by atoms with E-state index < -0.39 is 0 Å². The van der Waals surface area contributed by atoms with Crippen LogP contribution in [0.3, 0.4) is 0 Å². The second-order valence-corrected chi connectivity index (χ2v) is 6.38. The van der Waals surface area contributed by atoms with E-state index in [4.69, 9.17) is 21.3 Å². The van der Waals surface area contributed by atoms with Gasteiger partial charge in [-0.15, -0.1) is 0 Å². The predicted octanol–water partition coefficient (Wildman–Crippen LogP) is 5.27. The summed E-state index contributed by atoms with van der Waals surface area (Å²) in [4.78, 5) is 17.3. The van der Waals surface area contributed by atoms with Gasteiger partial charge in [0, 0.05) is 16.0 Å². The number of fused-ring (bicyclic) bond motifs is 1. The second-order valence-electron chi connectivity index (χ2n) is 5.94. The van der Waals surface area contributed by atoms with Gasteiger partial charge in [0.1, 0.15) is 0 Å². The molecule has 0 saturated heterocycles. The van der Waals surface area contributed by atoms with Crippen molar-refractivity contribution in [2.45, 2.75) is 20.8 Å². The first-order chi connectivity index (χ1) is 11.4. The molecule has 24 heavy (non-hydrogen) atoms. The van der Waals surface area contributed by atoms with Crippen LogP contribution in [0.5, 0.6) is 0 Å². The molecule has 3 rings (SSSR count). The Kier molecular flexibility index (Phi) is 4.29. The first-order valence-electron chi connectivity index (χ1n) is 7.68. The molecular formula is C20H18ClNO2. The summed E-state index contributed by atoms with van der Waals surface area (Å²) >= 11 is 6.13. The number of methoxy groups -OCH3 is 1. The minimum Gasteiger partial charge on any atom is -0.465 e. The van der Waals surface area contributed by atoms with Gasteiger partial charge in [-0.05, 0) is 50.1 Å². The molecule has 0 saturated carbocycles. The highest BCUT2D eigenvalue weighted by molar-refractivity contribution is 6.30. The third-order valence-electron chi connectivity index (χ3n) is 4.16. The zero-order valence-corrected chi connectivity index (χ0v) is 14.9.